The first-order valence-corrected chi connectivity index (χ1v) is 11.9. The summed E-state index contributed by atoms with van der Waals surface area (Å²) in [5, 5.41) is 0. The van der Waals surface area contributed by atoms with Crippen LogP contribution in [-0.4, -0.2) is 48.2 Å². The van der Waals surface area contributed by atoms with Gasteiger partial charge < -0.3 is 18.3 Å². The summed E-state index contributed by atoms with van der Waals surface area (Å²) in [6.45, 7) is 20.3. The van der Waals surface area contributed by atoms with Gasteiger partial charge in [0.25, 0.3) is 0 Å². The van der Waals surface area contributed by atoms with Crippen molar-refractivity contribution in [1.29, 1.82) is 0 Å². The molecule has 0 aromatic rings. The van der Waals surface area contributed by atoms with Crippen molar-refractivity contribution in [1.82, 2.24) is 0 Å². The topological polar surface area (TPSA) is 36.9 Å². The van der Waals surface area contributed by atoms with Crippen LogP contribution in [0.5, 0.6) is 0 Å². The van der Waals surface area contributed by atoms with Crippen LogP contribution in [0.25, 0.3) is 0 Å². The molecule has 25 heavy (non-hydrogen) atoms. The monoisotopic (exact) mass is 372 g/mol. The van der Waals surface area contributed by atoms with Crippen LogP contribution in [0.3, 0.4) is 0 Å². The van der Waals surface area contributed by atoms with Crippen LogP contribution >= 0.6 is 0 Å². The van der Waals surface area contributed by atoms with Gasteiger partial charge in [-0.05, 0) is 51.6 Å². The fourth-order valence-corrected chi connectivity index (χ4v) is 5.84. The molecule has 0 aliphatic rings. The summed E-state index contributed by atoms with van der Waals surface area (Å²) in [6, 6.07) is 1.95. The third kappa shape index (κ3) is 14.4. The molecule has 0 aliphatic heterocycles. The highest BCUT2D eigenvalue weighted by Gasteiger charge is 2.36. The van der Waals surface area contributed by atoms with Gasteiger partial charge >= 0.3 is 8.56 Å². The Labute approximate surface area is 156 Å². The number of hydrogen-bond donors (Lipinski definition) is 0. The largest absolute Gasteiger partial charge is 0.394 e. The van der Waals surface area contributed by atoms with E-state index in [2.05, 4.69) is 27.0 Å². The fourth-order valence-electron chi connectivity index (χ4n) is 2.41. The maximum atomic E-state index is 6.31. The quantitative estimate of drug-likeness (QED) is 0.187. The second-order valence-electron chi connectivity index (χ2n) is 6.83. The molecule has 4 nitrogen and oxygen atoms in total. The molecule has 5 heteroatoms. The van der Waals surface area contributed by atoms with E-state index in [4.69, 9.17) is 18.3 Å². The highest BCUT2D eigenvalue weighted by molar-refractivity contribution is 6.67. The van der Waals surface area contributed by atoms with Crippen LogP contribution in [0.4, 0.5) is 0 Å². The standard InChI is InChI=1S/C20H40O4Si/c1-7-11-23-25(24-12-8-2,15-9-13-21-17-19(3)4)16-10-14-22-18-20(5)6/h3,5,7-18H2,1-2,4,6H3. The molecular weight excluding hydrogens is 332 g/mol. The van der Waals surface area contributed by atoms with Crippen LogP contribution < -0.4 is 0 Å². The number of hydrogen-bond acceptors (Lipinski definition) is 4. The Kier molecular flexibility index (Phi) is 15.5. The van der Waals surface area contributed by atoms with Crippen LogP contribution in [0.2, 0.25) is 12.1 Å². The Morgan fingerprint density at radius 1 is 0.720 bits per heavy atom. The SMILES string of the molecule is C=C(C)COCCC[Si](CCCOCC(=C)C)(OCCC)OCCC. The van der Waals surface area contributed by atoms with E-state index < -0.39 is 8.56 Å². The summed E-state index contributed by atoms with van der Waals surface area (Å²) in [5.41, 5.74) is 2.12. The van der Waals surface area contributed by atoms with Gasteiger partial charge in [-0.1, -0.05) is 38.2 Å². The summed E-state index contributed by atoms with van der Waals surface area (Å²) in [7, 11) is -2.20. The van der Waals surface area contributed by atoms with E-state index in [0.717, 1.165) is 75.3 Å². The average Bonchev–Trinajstić information content (AvgIpc) is 2.56. The number of rotatable bonds is 18. The summed E-state index contributed by atoms with van der Waals surface area (Å²) in [5.74, 6) is 0. The van der Waals surface area contributed by atoms with Crippen LogP contribution in [0, 0.1) is 0 Å². The van der Waals surface area contributed by atoms with Crippen molar-refractivity contribution in [3.8, 4) is 0 Å². The first-order chi connectivity index (χ1) is 12.0. The maximum Gasteiger partial charge on any atom is 0.338 e. The second-order valence-corrected chi connectivity index (χ2v) is 10.2. The molecule has 0 aliphatic carbocycles. The predicted molar refractivity (Wildman–Crippen MR) is 108 cm³/mol. The molecule has 0 N–H and O–H groups in total. The van der Waals surface area contributed by atoms with Crippen LogP contribution in [0.1, 0.15) is 53.4 Å². The molecule has 0 unspecified atom stereocenters. The lowest BCUT2D eigenvalue weighted by atomic mass is 10.4. The van der Waals surface area contributed by atoms with E-state index in [1.54, 1.807) is 0 Å². The highest BCUT2D eigenvalue weighted by atomic mass is 28.4. The van der Waals surface area contributed by atoms with E-state index in [1.807, 2.05) is 13.8 Å². The van der Waals surface area contributed by atoms with Crippen molar-refractivity contribution < 1.29 is 18.3 Å². The molecule has 0 fully saturated rings. The van der Waals surface area contributed by atoms with Crippen LogP contribution in [0.15, 0.2) is 24.3 Å². The van der Waals surface area contributed by atoms with E-state index >= 15 is 0 Å². The molecule has 148 valence electrons. The van der Waals surface area contributed by atoms with Gasteiger partial charge in [-0.25, -0.2) is 0 Å². The zero-order valence-corrected chi connectivity index (χ0v) is 18.0. The first-order valence-electron chi connectivity index (χ1n) is 9.68. The Bertz CT molecular complexity index is 324. The molecule has 0 rings (SSSR count). The molecule has 0 spiro atoms. The zero-order chi connectivity index (χ0) is 19.0. The minimum atomic E-state index is -2.20. The zero-order valence-electron chi connectivity index (χ0n) is 17.0. The van der Waals surface area contributed by atoms with Crippen LogP contribution in [-0.2, 0) is 18.3 Å². The fraction of sp³-hybridized carbons (Fsp3) is 0.800. The smallest absolute Gasteiger partial charge is 0.338 e. The van der Waals surface area contributed by atoms with Gasteiger partial charge in [0, 0.05) is 26.4 Å². The highest BCUT2D eigenvalue weighted by Crippen LogP contribution is 2.24. The Morgan fingerprint density at radius 3 is 1.44 bits per heavy atom. The third-order valence-electron chi connectivity index (χ3n) is 3.53. The Balaban J connectivity index is 4.49. The molecular formula is C20H40O4Si. The summed E-state index contributed by atoms with van der Waals surface area (Å²) in [4.78, 5) is 0. The van der Waals surface area contributed by atoms with Gasteiger partial charge in [0.15, 0.2) is 0 Å². The lowest BCUT2D eigenvalue weighted by Gasteiger charge is -2.31. The van der Waals surface area contributed by atoms with Crippen molar-refractivity contribution in [3.05, 3.63) is 24.3 Å². The normalized spacial score (nSPS) is 11.7. The molecule has 0 radical (unpaired) electrons. The van der Waals surface area contributed by atoms with Gasteiger partial charge in [0.05, 0.1) is 13.2 Å². The molecule has 0 heterocycles. The second kappa shape index (κ2) is 15.8. The average molecular weight is 373 g/mol. The molecule has 0 amide bonds. The first kappa shape index (κ1) is 24.5. The molecule has 0 saturated heterocycles. The minimum absolute atomic E-state index is 0.634. The number of ether oxygens (including phenoxy) is 2. The molecule has 0 atom stereocenters. The summed E-state index contributed by atoms with van der Waals surface area (Å²) >= 11 is 0. The van der Waals surface area contributed by atoms with E-state index in [-0.39, 0.29) is 0 Å². The van der Waals surface area contributed by atoms with Gasteiger partial charge in [-0.2, -0.15) is 0 Å². The summed E-state index contributed by atoms with van der Waals surface area (Å²) in [6.07, 6.45) is 3.98. The van der Waals surface area contributed by atoms with Crippen molar-refractivity contribution in [2.75, 3.05) is 39.6 Å². The molecule has 0 saturated carbocycles. The Hall–Kier alpha value is -0.463. The van der Waals surface area contributed by atoms with Crippen molar-refractivity contribution in [2.24, 2.45) is 0 Å². The molecule has 0 bridgehead atoms. The van der Waals surface area contributed by atoms with Gasteiger partial charge in [-0.3, -0.25) is 0 Å². The van der Waals surface area contributed by atoms with E-state index in [0.29, 0.717) is 13.2 Å². The van der Waals surface area contributed by atoms with Crippen molar-refractivity contribution in [2.45, 2.75) is 65.5 Å². The Morgan fingerprint density at radius 2 is 1.12 bits per heavy atom. The lowest BCUT2D eigenvalue weighted by Crippen LogP contribution is -2.43. The maximum absolute atomic E-state index is 6.31. The summed E-state index contributed by atoms with van der Waals surface area (Å²) < 4.78 is 23.9. The minimum Gasteiger partial charge on any atom is -0.394 e. The van der Waals surface area contributed by atoms with Crippen molar-refractivity contribution >= 4 is 8.56 Å². The predicted octanol–water partition coefficient (Wildman–Crippen LogP) is 5.25. The molecule has 0 aromatic carbocycles. The van der Waals surface area contributed by atoms with Gasteiger partial charge in [0.2, 0.25) is 0 Å². The lowest BCUT2D eigenvalue weighted by molar-refractivity contribution is 0.133. The van der Waals surface area contributed by atoms with Gasteiger partial charge in [-0.15, -0.1) is 0 Å². The van der Waals surface area contributed by atoms with E-state index in [1.165, 1.54) is 0 Å². The van der Waals surface area contributed by atoms with E-state index in [9.17, 15) is 0 Å². The third-order valence-corrected chi connectivity index (χ3v) is 7.22. The van der Waals surface area contributed by atoms with Gasteiger partial charge in [0.1, 0.15) is 0 Å². The molecule has 0 aromatic heterocycles. The van der Waals surface area contributed by atoms with Crippen molar-refractivity contribution in [3.63, 3.8) is 0 Å².